The van der Waals surface area contributed by atoms with Gasteiger partial charge in [-0.15, -0.1) is 0 Å². The molecule has 0 aliphatic rings. The summed E-state index contributed by atoms with van der Waals surface area (Å²) in [5.41, 5.74) is 7.17. The minimum atomic E-state index is -0.854. The first-order valence-corrected chi connectivity index (χ1v) is 14.2. The molecule has 0 radical (unpaired) electrons. The van der Waals surface area contributed by atoms with Gasteiger partial charge in [0.25, 0.3) is 0 Å². The number of carbonyl (C=O) groups excluding carboxylic acids is 4. The van der Waals surface area contributed by atoms with E-state index in [0.29, 0.717) is 24.4 Å². The summed E-state index contributed by atoms with van der Waals surface area (Å²) >= 11 is 0. The maximum absolute atomic E-state index is 13.2. The van der Waals surface area contributed by atoms with Crippen LogP contribution in [-0.2, 0) is 20.8 Å². The summed E-state index contributed by atoms with van der Waals surface area (Å²) in [5, 5.41) is 11.1. The number of rotatable bonds is 16. The molecule has 220 valence electrons. The van der Waals surface area contributed by atoms with Crippen LogP contribution in [0.1, 0.15) is 92.6 Å². The molecule has 0 aliphatic carbocycles. The molecule has 5 amide bonds. The van der Waals surface area contributed by atoms with Gasteiger partial charge in [-0.1, -0.05) is 67.0 Å². The Bertz CT molecular complexity index is 922. The van der Waals surface area contributed by atoms with Crippen molar-refractivity contribution in [3.05, 3.63) is 29.8 Å². The van der Waals surface area contributed by atoms with Gasteiger partial charge in [-0.2, -0.15) is 0 Å². The van der Waals surface area contributed by atoms with Crippen molar-refractivity contribution in [2.45, 2.75) is 105 Å². The van der Waals surface area contributed by atoms with Gasteiger partial charge < -0.3 is 27.0 Å². The fraction of sp³-hybridized carbons (Fsp3) is 0.667. The lowest BCUT2D eigenvalue weighted by Gasteiger charge is -2.25. The Hall–Kier alpha value is -3.10. The summed E-state index contributed by atoms with van der Waals surface area (Å²) < 4.78 is 0. The van der Waals surface area contributed by atoms with Crippen LogP contribution in [0.25, 0.3) is 0 Å². The van der Waals surface area contributed by atoms with Crippen molar-refractivity contribution >= 4 is 29.4 Å². The van der Waals surface area contributed by atoms with E-state index in [1.54, 1.807) is 0 Å². The van der Waals surface area contributed by atoms with Crippen LogP contribution in [0.3, 0.4) is 0 Å². The van der Waals surface area contributed by atoms with E-state index in [9.17, 15) is 19.2 Å². The molecule has 0 aliphatic heterocycles. The average Bonchev–Trinajstić information content (AvgIpc) is 2.82. The van der Waals surface area contributed by atoms with Crippen LogP contribution in [0, 0.1) is 17.3 Å². The number of carbonyl (C=O) groups is 4. The number of benzene rings is 1. The van der Waals surface area contributed by atoms with Gasteiger partial charge in [-0.05, 0) is 67.1 Å². The molecule has 1 rings (SSSR count). The van der Waals surface area contributed by atoms with Crippen LogP contribution >= 0.6 is 0 Å². The second-order valence-electron chi connectivity index (χ2n) is 12.3. The van der Waals surface area contributed by atoms with Crippen molar-refractivity contribution in [2.24, 2.45) is 23.0 Å². The highest BCUT2D eigenvalue weighted by Gasteiger charge is 2.28. The quantitative estimate of drug-likeness (QED) is 0.195. The molecule has 0 fully saturated rings. The van der Waals surface area contributed by atoms with Crippen LogP contribution < -0.4 is 27.0 Å². The molecule has 39 heavy (non-hydrogen) atoms. The lowest BCUT2D eigenvalue weighted by Crippen LogP contribution is -2.54. The van der Waals surface area contributed by atoms with E-state index < -0.39 is 24.0 Å². The van der Waals surface area contributed by atoms with Crippen molar-refractivity contribution in [1.29, 1.82) is 0 Å². The van der Waals surface area contributed by atoms with Gasteiger partial charge in [0, 0.05) is 18.7 Å². The van der Waals surface area contributed by atoms with Crippen molar-refractivity contribution < 1.29 is 19.2 Å². The van der Waals surface area contributed by atoms with Gasteiger partial charge in [0.05, 0.1) is 0 Å². The van der Waals surface area contributed by atoms with Crippen LogP contribution in [0.2, 0.25) is 0 Å². The molecule has 0 saturated carbocycles. The summed E-state index contributed by atoms with van der Waals surface area (Å²) in [6.07, 6.45) is 4.73. The number of nitrogens with one attached hydrogen (secondary N) is 4. The molecule has 0 saturated heterocycles. The normalized spacial score (nSPS) is 13.1. The summed E-state index contributed by atoms with van der Waals surface area (Å²) in [6.45, 7) is 14.8. The number of urea groups is 1. The largest absolute Gasteiger partial charge is 0.352 e. The smallest absolute Gasteiger partial charge is 0.312 e. The van der Waals surface area contributed by atoms with E-state index in [4.69, 9.17) is 5.73 Å². The third kappa shape index (κ3) is 15.2. The van der Waals surface area contributed by atoms with Gasteiger partial charge in [-0.25, -0.2) is 4.79 Å². The highest BCUT2D eigenvalue weighted by Crippen LogP contribution is 2.22. The number of unbranched alkanes of at least 4 members (excludes halogenated alkanes) is 1. The molecule has 1 aromatic carbocycles. The molecule has 0 aromatic heterocycles. The van der Waals surface area contributed by atoms with Crippen LogP contribution in [0.15, 0.2) is 24.3 Å². The molecular weight excluding hydrogens is 494 g/mol. The monoisotopic (exact) mass is 545 g/mol. The zero-order chi connectivity index (χ0) is 29.6. The maximum atomic E-state index is 13.2. The maximum Gasteiger partial charge on any atom is 0.312 e. The van der Waals surface area contributed by atoms with E-state index in [1.165, 1.54) is 5.56 Å². The van der Waals surface area contributed by atoms with E-state index in [-0.39, 0.29) is 36.1 Å². The minimum absolute atomic E-state index is 0.169. The number of hydrogen-bond donors (Lipinski definition) is 5. The van der Waals surface area contributed by atoms with Crippen LogP contribution in [0.4, 0.5) is 10.5 Å². The Labute approximate surface area is 234 Å². The third-order valence-corrected chi connectivity index (χ3v) is 6.31. The number of nitrogens with two attached hydrogens (primary N) is 1. The highest BCUT2D eigenvalue weighted by molar-refractivity contribution is 5.98. The van der Waals surface area contributed by atoms with Gasteiger partial charge in [0.2, 0.25) is 17.7 Å². The molecule has 9 heteroatoms. The molecule has 0 spiro atoms. The Morgan fingerprint density at radius 2 is 1.51 bits per heavy atom. The molecule has 6 N–H and O–H groups in total. The number of hydrogen-bond acceptors (Lipinski definition) is 4. The Morgan fingerprint density at radius 1 is 0.872 bits per heavy atom. The molecule has 1 aromatic rings. The summed E-state index contributed by atoms with van der Waals surface area (Å²) in [6, 6.07) is 5.38. The first-order valence-electron chi connectivity index (χ1n) is 14.2. The van der Waals surface area contributed by atoms with Crippen molar-refractivity contribution in [3.8, 4) is 0 Å². The first-order chi connectivity index (χ1) is 18.2. The molecule has 2 atom stereocenters. The minimum Gasteiger partial charge on any atom is -0.352 e. The number of primary amides is 1. The predicted octanol–water partition coefficient (Wildman–Crippen LogP) is 4.50. The SMILES string of the molecule is CC(C)Cc1ccc(NC(=O)[C@H](CCCNC(N)=O)NC(=O)[C@@H](NC(=O)CCCCC(C)(C)C)C(C)C)cc1. The summed E-state index contributed by atoms with van der Waals surface area (Å²) in [5.74, 6) is -0.599. The summed E-state index contributed by atoms with van der Waals surface area (Å²) in [7, 11) is 0. The summed E-state index contributed by atoms with van der Waals surface area (Å²) in [4.78, 5) is 50.0. The molecular formula is C30H51N5O4. The third-order valence-electron chi connectivity index (χ3n) is 6.31. The van der Waals surface area contributed by atoms with Crippen molar-refractivity contribution in [1.82, 2.24) is 16.0 Å². The van der Waals surface area contributed by atoms with Gasteiger partial charge in [0.1, 0.15) is 12.1 Å². The first kappa shape index (κ1) is 33.9. The number of amides is 5. The fourth-order valence-electron chi connectivity index (χ4n) is 4.19. The zero-order valence-corrected chi connectivity index (χ0v) is 25.0. The van der Waals surface area contributed by atoms with E-state index in [0.717, 1.165) is 25.7 Å². The van der Waals surface area contributed by atoms with Crippen LogP contribution in [0.5, 0.6) is 0 Å². The average molecular weight is 546 g/mol. The molecule has 9 nitrogen and oxygen atoms in total. The Morgan fingerprint density at radius 3 is 2.05 bits per heavy atom. The zero-order valence-electron chi connectivity index (χ0n) is 25.0. The molecule has 0 unspecified atom stereocenters. The predicted molar refractivity (Wildman–Crippen MR) is 157 cm³/mol. The standard InChI is InChI=1S/C30H51N5O4/c1-20(2)19-22-13-15-23(16-14-22)33-27(37)24(11-10-18-32-29(31)39)34-28(38)26(21(3)4)35-25(36)12-8-9-17-30(5,6)7/h13-16,20-21,24,26H,8-12,17-19H2,1-7H3,(H,33,37)(H,34,38)(H,35,36)(H3,31,32,39)/t24-,26-/m0/s1. The van der Waals surface area contributed by atoms with Crippen molar-refractivity contribution in [2.75, 3.05) is 11.9 Å². The second-order valence-corrected chi connectivity index (χ2v) is 12.3. The molecule has 0 heterocycles. The lowest BCUT2D eigenvalue weighted by atomic mass is 9.89. The lowest BCUT2D eigenvalue weighted by molar-refractivity contribution is -0.132. The van der Waals surface area contributed by atoms with Crippen LogP contribution in [-0.4, -0.2) is 42.4 Å². The topological polar surface area (TPSA) is 142 Å². The van der Waals surface area contributed by atoms with E-state index in [1.807, 2.05) is 38.1 Å². The second kappa shape index (κ2) is 16.8. The number of anilines is 1. The fourth-order valence-corrected chi connectivity index (χ4v) is 4.19. The van der Waals surface area contributed by atoms with Gasteiger partial charge in [0.15, 0.2) is 0 Å². The van der Waals surface area contributed by atoms with E-state index in [2.05, 4.69) is 55.9 Å². The molecule has 0 bridgehead atoms. The van der Waals surface area contributed by atoms with Gasteiger partial charge >= 0.3 is 6.03 Å². The van der Waals surface area contributed by atoms with Gasteiger partial charge in [-0.3, -0.25) is 14.4 Å². The Balaban J connectivity index is 2.85. The Kier molecular flexibility index (Phi) is 14.6. The van der Waals surface area contributed by atoms with E-state index >= 15 is 0 Å². The van der Waals surface area contributed by atoms with Crippen molar-refractivity contribution in [3.63, 3.8) is 0 Å². The highest BCUT2D eigenvalue weighted by atomic mass is 16.2.